The van der Waals surface area contributed by atoms with E-state index in [1.54, 1.807) is 0 Å². The number of rotatable bonds is 76. The smallest absolute Gasteiger partial charge is 0.462 e. The Bertz CT molecular complexity index is 2180. The van der Waals surface area contributed by atoms with Gasteiger partial charge in [0.15, 0.2) is 12.2 Å². The number of unbranched alkanes of at least 4 members (excludes halogenated alkanes) is 38. The van der Waals surface area contributed by atoms with E-state index in [0.717, 1.165) is 109 Å². The standard InChI is InChI=1S/C81H146O17P2/c1-5-9-13-17-21-25-29-33-36-37-40-44-48-52-56-60-64-68-81(86)98-77(72-92-79(84)66-62-58-54-50-46-42-38-34-30-26-22-18-14-10-6-2)74-96-100(89,90)94-70-75(82)69-93-99(87,88)95-73-76(71-91-78(83)65-61-57-53-49-45-41-32-28-24-20-16-12-8-4)97-80(85)67-63-59-55-51-47-43-39-35-31-27-23-19-15-11-7-3/h21,23,25,27,33,35-36,39-40,44,52,56,75-77,82H,5-20,22,24,26,28-32,34,37-38,41-43,45-51,53-55,57-74H2,1-4H3,(H,87,88)(H,89,90)/b25-21-,27-23-,36-33-,39-35-,44-40-,56-52-/t75-,76+,77+/m0/s1. The summed E-state index contributed by atoms with van der Waals surface area (Å²) in [5.74, 6) is -2.22. The van der Waals surface area contributed by atoms with Gasteiger partial charge in [-0.15, -0.1) is 0 Å². The van der Waals surface area contributed by atoms with Crippen molar-refractivity contribution in [2.45, 2.75) is 380 Å². The van der Waals surface area contributed by atoms with Gasteiger partial charge in [0.05, 0.1) is 26.4 Å². The fourth-order valence-corrected chi connectivity index (χ4v) is 12.6. The van der Waals surface area contributed by atoms with Gasteiger partial charge < -0.3 is 33.8 Å². The van der Waals surface area contributed by atoms with Crippen LogP contribution in [0.25, 0.3) is 0 Å². The molecule has 0 aromatic carbocycles. The molecule has 0 amide bonds. The van der Waals surface area contributed by atoms with Crippen molar-refractivity contribution in [2.24, 2.45) is 0 Å². The summed E-state index contributed by atoms with van der Waals surface area (Å²) in [6.07, 6.45) is 74.5. The molecule has 0 spiro atoms. The maximum Gasteiger partial charge on any atom is 0.472 e. The zero-order valence-electron chi connectivity index (χ0n) is 63.6. The third kappa shape index (κ3) is 72.8. The number of hydrogen-bond acceptors (Lipinski definition) is 15. The first-order valence-corrected chi connectivity index (χ1v) is 43.2. The van der Waals surface area contributed by atoms with Gasteiger partial charge in [-0.3, -0.25) is 37.3 Å². The molecule has 0 saturated heterocycles. The number of esters is 4. The number of phosphoric ester groups is 2. The van der Waals surface area contributed by atoms with E-state index in [-0.39, 0.29) is 25.7 Å². The SMILES string of the molecule is CCCCC/C=C\C/C=C\C/C=C\C/C=C\CCCC(=O)O[C@H](COC(=O)CCCCCCCCCCCCCCCCC)COP(=O)(O)OC[C@@H](O)COP(=O)(O)OC[C@@H](COC(=O)CCCCCCCCCCCCCCC)OC(=O)CCCCCCC/C=C\C/C=C\CCCCC. The summed E-state index contributed by atoms with van der Waals surface area (Å²) in [7, 11) is -9.96. The highest BCUT2D eigenvalue weighted by atomic mass is 31.2. The molecule has 3 N–H and O–H groups in total. The van der Waals surface area contributed by atoms with Crippen LogP contribution in [0.4, 0.5) is 0 Å². The molecule has 17 nitrogen and oxygen atoms in total. The molecule has 0 aromatic heterocycles. The summed E-state index contributed by atoms with van der Waals surface area (Å²) < 4.78 is 68.5. The van der Waals surface area contributed by atoms with Crippen molar-refractivity contribution < 1.29 is 80.2 Å². The highest BCUT2D eigenvalue weighted by molar-refractivity contribution is 7.47. The third-order valence-electron chi connectivity index (χ3n) is 17.2. The molecule has 0 aliphatic rings. The number of allylic oxidation sites excluding steroid dienone is 12. The summed E-state index contributed by atoms with van der Waals surface area (Å²) in [5, 5.41) is 10.6. The van der Waals surface area contributed by atoms with Gasteiger partial charge in [-0.1, -0.05) is 312 Å². The molecule has 0 aromatic rings. The first kappa shape index (κ1) is 96.5. The van der Waals surface area contributed by atoms with Gasteiger partial charge >= 0.3 is 39.5 Å². The van der Waals surface area contributed by atoms with Crippen LogP contribution in [0.3, 0.4) is 0 Å². The van der Waals surface area contributed by atoms with Crippen molar-refractivity contribution in [2.75, 3.05) is 39.6 Å². The predicted molar refractivity (Wildman–Crippen MR) is 409 cm³/mol. The highest BCUT2D eigenvalue weighted by Gasteiger charge is 2.30. The van der Waals surface area contributed by atoms with E-state index < -0.39 is 97.5 Å². The van der Waals surface area contributed by atoms with Gasteiger partial charge in [0.1, 0.15) is 19.3 Å². The number of aliphatic hydroxyl groups is 1. The largest absolute Gasteiger partial charge is 0.472 e. The lowest BCUT2D eigenvalue weighted by molar-refractivity contribution is -0.161. The number of carbonyl (C=O) groups is 4. The van der Waals surface area contributed by atoms with E-state index in [1.807, 2.05) is 12.2 Å². The van der Waals surface area contributed by atoms with Gasteiger partial charge in [-0.05, 0) is 96.3 Å². The molecule has 0 aliphatic carbocycles. The van der Waals surface area contributed by atoms with Crippen molar-refractivity contribution in [3.63, 3.8) is 0 Å². The van der Waals surface area contributed by atoms with Gasteiger partial charge in [-0.25, -0.2) is 9.13 Å². The van der Waals surface area contributed by atoms with Gasteiger partial charge in [0.25, 0.3) is 0 Å². The number of phosphoric acid groups is 2. The lowest BCUT2D eigenvalue weighted by Crippen LogP contribution is -2.30. The fraction of sp³-hybridized carbons (Fsp3) is 0.802. The van der Waals surface area contributed by atoms with Crippen molar-refractivity contribution in [1.29, 1.82) is 0 Å². The van der Waals surface area contributed by atoms with E-state index in [1.165, 1.54) is 167 Å². The van der Waals surface area contributed by atoms with Gasteiger partial charge in [-0.2, -0.15) is 0 Å². The molecule has 0 saturated carbocycles. The molecule has 19 heteroatoms. The van der Waals surface area contributed by atoms with E-state index in [2.05, 4.69) is 88.5 Å². The van der Waals surface area contributed by atoms with Crippen LogP contribution in [0, 0.1) is 0 Å². The molecule has 0 radical (unpaired) electrons. The van der Waals surface area contributed by atoms with Crippen LogP contribution in [0.5, 0.6) is 0 Å². The summed E-state index contributed by atoms with van der Waals surface area (Å²) in [4.78, 5) is 72.9. The quantitative estimate of drug-likeness (QED) is 0.0169. The number of carbonyl (C=O) groups excluding carboxylic acids is 4. The highest BCUT2D eigenvalue weighted by Crippen LogP contribution is 2.45. The van der Waals surface area contributed by atoms with Crippen molar-refractivity contribution >= 4 is 39.5 Å². The van der Waals surface area contributed by atoms with E-state index >= 15 is 0 Å². The fourth-order valence-electron chi connectivity index (χ4n) is 11.0. The molecule has 0 heterocycles. The lowest BCUT2D eigenvalue weighted by Gasteiger charge is -2.21. The zero-order chi connectivity index (χ0) is 73.2. The molecule has 100 heavy (non-hydrogen) atoms. The Kier molecular flexibility index (Phi) is 71.2. The minimum atomic E-state index is -4.99. The Morgan fingerprint density at radius 2 is 0.500 bits per heavy atom. The number of ether oxygens (including phenoxy) is 4. The molecule has 0 fully saturated rings. The second-order valence-corrected chi connectivity index (χ2v) is 29.9. The Hall–Kier alpha value is -3.50. The van der Waals surface area contributed by atoms with Crippen molar-refractivity contribution in [3.8, 4) is 0 Å². The molecular weight excluding hydrogens is 1310 g/mol. The van der Waals surface area contributed by atoms with Crippen LogP contribution < -0.4 is 0 Å². The third-order valence-corrected chi connectivity index (χ3v) is 19.1. The predicted octanol–water partition coefficient (Wildman–Crippen LogP) is 23.2. The summed E-state index contributed by atoms with van der Waals surface area (Å²) in [5.41, 5.74) is 0. The molecule has 0 bridgehead atoms. The van der Waals surface area contributed by atoms with Gasteiger partial charge in [0, 0.05) is 25.7 Å². The molecule has 2 unspecified atom stereocenters. The monoisotopic (exact) mass is 1450 g/mol. The normalized spacial score (nSPS) is 14.3. The first-order chi connectivity index (χ1) is 48.7. The van der Waals surface area contributed by atoms with Crippen LogP contribution in [-0.2, 0) is 65.4 Å². The Balaban J connectivity index is 5.39. The van der Waals surface area contributed by atoms with Crippen LogP contribution in [0.15, 0.2) is 72.9 Å². The summed E-state index contributed by atoms with van der Waals surface area (Å²) in [6, 6.07) is 0. The average molecular weight is 1450 g/mol. The minimum absolute atomic E-state index is 0.0231. The first-order valence-electron chi connectivity index (χ1n) is 40.2. The molecule has 0 aliphatic heterocycles. The Labute approximate surface area is 609 Å². The minimum Gasteiger partial charge on any atom is -0.462 e. The molecule has 0 rings (SSSR count). The molecular formula is C81H146O17P2. The summed E-state index contributed by atoms with van der Waals surface area (Å²) in [6.45, 7) is 4.81. The maximum absolute atomic E-state index is 13.1. The van der Waals surface area contributed by atoms with Crippen LogP contribution in [0.1, 0.15) is 362 Å². The Morgan fingerprint density at radius 3 is 0.810 bits per heavy atom. The van der Waals surface area contributed by atoms with E-state index in [9.17, 15) is 43.2 Å². The van der Waals surface area contributed by atoms with E-state index in [4.69, 9.17) is 37.0 Å². The van der Waals surface area contributed by atoms with Crippen molar-refractivity contribution in [3.05, 3.63) is 72.9 Å². The second-order valence-electron chi connectivity index (χ2n) is 27.0. The van der Waals surface area contributed by atoms with Crippen LogP contribution in [0.2, 0.25) is 0 Å². The number of hydrogen-bond donors (Lipinski definition) is 3. The topological polar surface area (TPSA) is 237 Å². The van der Waals surface area contributed by atoms with E-state index in [0.29, 0.717) is 32.1 Å². The van der Waals surface area contributed by atoms with Crippen LogP contribution in [-0.4, -0.2) is 96.7 Å². The molecule has 582 valence electrons. The average Bonchev–Trinajstić information content (AvgIpc) is 1.22. The van der Waals surface area contributed by atoms with Crippen molar-refractivity contribution in [1.82, 2.24) is 0 Å². The number of aliphatic hydroxyl groups excluding tert-OH is 1. The van der Waals surface area contributed by atoms with Gasteiger partial charge in [0.2, 0.25) is 0 Å². The second kappa shape index (κ2) is 73.8. The zero-order valence-corrected chi connectivity index (χ0v) is 65.4. The lowest BCUT2D eigenvalue weighted by atomic mass is 10.0. The van der Waals surface area contributed by atoms with Crippen LogP contribution >= 0.6 is 15.6 Å². The maximum atomic E-state index is 13.1. The Morgan fingerprint density at radius 1 is 0.280 bits per heavy atom. The molecule has 5 atom stereocenters. The summed E-state index contributed by atoms with van der Waals surface area (Å²) >= 11 is 0.